The van der Waals surface area contributed by atoms with Gasteiger partial charge >= 0.3 is 0 Å². The van der Waals surface area contributed by atoms with Gasteiger partial charge in [0, 0.05) is 30.5 Å². The van der Waals surface area contributed by atoms with Crippen LogP contribution in [0.2, 0.25) is 0 Å². The van der Waals surface area contributed by atoms with Gasteiger partial charge in [0.05, 0.1) is 31.2 Å². The molecule has 0 fully saturated rings. The van der Waals surface area contributed by atoms with Crippen LogP contribution in [0.25, 0.3) is 4.85 Å². The highest BCUT2D eigenvalue weighted by Gasteiger charge is 2.32. The van der Waals surface area contributed by atoms with Crippen molar-refractivity contribution in [1.29, 1.82) is 0 Å². The van der Waals surface area contributed by atoms with Crippen LogP contribution in [0.3, 0.4) is 0 Å². The van der Waals surface area contributed by atoms with Crippen molar-refractivity contribution in [3.8, 4) is 0 Å². The number of benzene rings is 3. The van der Waals surface area contributed by atoms with Crippen molar-refractivity contribution in [2.45, 2.75) is 25.6 Å². The van der Waals surface area contributed by atoms with Gasteiger partial charge in [0.15, 0.2) is 5.69 Å². The van der Waals surface area contributed by atoms with Crippen molar-refractivity contribution in [3.05, 3.63) is 125 Å². The number of nitrogens with one attached hydrogen (secondary N) is 1. The average molecular weight is 448 g/mol. The van der Waals surface area contributed by atoms with Gasteiger partial charge in [-0.3, -0.25) is 4.79 Å². The number of carbonyl (C=O) groups is 1. The van der Waals surface area contributed by atoms with E-state index in [2.05, 4.69) is 31.8 Å². The molecule has 1 atom stereocenters. The number of aromatic nitrogens is 2. The Bertz CT molecular complexity index is 1300. The van der Waals surface area contributed by atoms with Crippen molar-refractivity contribution < 1.29 is 4.79 Å². The highest BCUT2D eigenvalue weighted by atomic mass is 16.2. The van der Waals surface area contributed by atoms with Crippen molar-refractivity contribution in [1.82, 2.24) is 14.9 Å². The van der Waals surface area contributed by atoms with E-state index in [0.717, 1.165) is 23.4 Å². The van der Waals surface area contributed by atoms with Crippen molar-refractivity contribution in [2.75, 3.05) is 11.4 Å². The summed E-state index contributed by atoms with van der Waals surface area (Å²) in [5.74, 6) is 0.00378. The predicted octanol–water partition coefficient (Wildman–Crippen LogP) is 5.23. The second-order valence-corrected chi connectivity index (χ2v) is 8.52. The number of hydrogen-bond donors (Lipinski definition) is 1. The van der Waals surface area contributed by atoms with Gasteiger partial charge in [-0.2, -0.15) is 0 Å². The first kappa shape index (κ1) is 21.5. The Morgan fingerprint density at radius 3 is 2.53 bits per heavy atom. The molecule has 0 unspecified atom stereocenters. The number of anilines is 1. The molecule has 0 saturated heterocycles. The number of fused-ring (bicyclic) bond motifs is 1. The molecule has 2 heterocycles. The Labute approximate surface area is 199 Å². The van der Waals surface area contributed by atoms with E-state index in [9.17, 15) is 4.79 Å². The molecule has 1 aromatic heterocycles. The molecular weight excluding hydrogens is 422 g/mol. The zero-order chi connectivity index (χ0) is 23.3. The third-order valence-corrected chi connectivity index (χ3v) is 6.26. The number of H-pyrrole nitrogens is 1. The molecule has 1 aliphatic heterocycles. The minimum absolute atomic E-state index is 0.00378. The summed E-state index contributed by atoms with van der Waals surface area (Å²) in [5, 5.41) is 0. The van der Waals surface area contributed by atoms with Gasteiger partial charge in [-0.25, -0.2) is 9.83 Å². The lowest BCUT2D eigenvalue weighted by Crippen LogP contribution is -2.45. The molecule has 1 N–H and O–H groups in total. The third-order valence-electron chi connectivity index (χ3n) is 6.26. The van der Waals surface area contributed by atoms with Crippen LogP contribution in [-0.4, -0.2) is 33.4 Å². The second-order valence-electron chi connectivity index (χ2n) is 8.52. The van der Waals surface area contributed by atoms with Crippen molar-refractivity contribution >= 4 is 17.3 Å². The first-order chi connectivity index (χ1) is 16.7. The van der Waals surface area contributed by atoms with E-state index in [1.165, 1.54) is 5.56 Å². The summed E-state index contributed by atoms with van der Waals surface area (Å²) in [6, 6.07) is 25.5. The lowest BCUT2D eigenvalue weighted by Gasteiger charge is -2.33. The van der Waals surface area contributed by atoms with Gasteiger partial charge in [0.25, 0.3) is 5.91 Å². The van der Waals surface area contributed by atoms with Gasteiger partial charge in [-0.05, 0) is 41.8 Å². The molecule has 0 bridgehead atoms. The summed E-state index contributed by atoms with van der Waals surface area (Å²) >= 11 is 0. The maximum Gasteiger partial charge on any atom is 0.254 e. The molecule has 34 heavy (non-hydrogen) atoms. The Morgan fingerprint density at radius 2 is 1.82 bits per heavy atom. The zero-order valence-corrected chi connectivity index (χ0v) is 18.8. The molecular formula is C28H25N5O. The van der Waals surface area contributed by atoms with E-state index >= 15 is 0 Å². The molecule has 4 aromatic rings. The molecule has 0 saturated carbocycles. The monoisotopic (exact) mass is 447 g/mol. The number of carbonyl (C=O) groups excluding carboxylic acids is 1. The molecule has 3 aromatic carbocycles. The molecule has 6 nitrogen and oxygen atoms in total. The minimum atomic E-state index is -0.0539. The Morgan fingerprint density at radius 1 is 1.06 bits per heavy atom. The van der Waals surface area contributed by atoms with Crippen LogP contribution >= 0.6 is 0 Å². The molecule has 1 amide bonds. The summed E-state index contributed by atoms with van der Waals surface area (Å²) in [4.78, 5) is 29.1. The average Bonchev–Trinajstić information content (AvgIpc) is 3.35. The molecule has 0 radical (unpaired) electrons. The van der Waals surface area contributed by atoms with Crippen LogP contribution in [0.15, 0.2) is 91.4 Å². The van der Waals surface area contributed by atoms with Crippen LogP contribution in [0, 0.1) is 6.57 Å². The van der Waals surface area contributed by atoms with E-state index < -0.39 is 0 Å². The van der Waals surface area contributed by atoms with Crippen LogP contribution in [-0.2, 0) is 19.5 Å². The molecule has 0 aliphatic carbocycles. The molecule has 6 heteroatoms. The second kappa shape index (κ2) is 9.63. The highest BCUT2D eigenvalue weighted by molar-refractivity contribution is 5.94. The van der Waals surface area contributed by atoms with E-state index in [4.69, 9.17) is 6.57 Å². The van der Waals surface area contributed by atoms with Crippen molar-refractivity contribution in [3.63, 3.8) is 0 Å². The number of nitrogens with zero attached hydrogens (tertiary/aromatic N) is 4. The van der Waals surface area contributed by atoms with Gasteiger partial charge in [0.1, 0.15) is 0 Å². The van der Waals surface area contributed by atoms with Crippen LogP contribution in [0.5, 0.6) is 0 Å². The quantitative estimate of drug-likeness (QED) is 0.426. The number of amides is 1. The largest absolute Gasteiger partial charge is 0.363 e. The normalized spacial score (nSPS) is 15.3. The van der Waals surface area contributed by atoms with Gasteiger partial charge in [-0.1, -0.05) is 54.6 Å². The van der Waals surface area contributed by atoms with E-state index in [1.54, 1.807) is 6.33 Å². The third kappa shape index (κ3) is 4.55. The number of hydrogen-bond acceptors (Lipinski definition) is 3. The fourth-order valence-corrected chi connectivity index (χ4v) is 4.61. The smallest absolute Gasteiger partial charge is 0.254 e. The molecule has 0 spiro atoms. The summed E-state index contributed by atoms with van der Waals surface area (Å²) in [5.41, 5.74) is 5.46. The Hall–Kier alpha value is -4.37. The zero-order valence-electron chi connectivity index (χ0n) is 18.8. The van der Waals surface area contributed by atoms with Crippen LogP contribution in [0.4, 0.5) is 11.4 Å². The van der Waals surface area contributed by atoms with Gasteiger partial charge < -0.3 is 14.8 Å². The predicted molar refractivity (Wildman–Crippen MR) is 133 cm³/mol. The Balaban J connectivity index is 1.58. The minimum Gasteiger partial charge on any atom is -0.363 e. The fourth-order valence-electron chi connectivity index (χ4n) is 4.61. The molecule has 1 aliphatic rings. The highest BCUT2D eigenvalue weighted by Crippen LogP contribution is 2.33. The first-order valence-corrected chi connectivity index (χ1v) is 11.3. The standard InChI is InChI=1S/C28H25N5O/c1-29-24-12-13-27-23(15-24)17-33(28(34)22-10-6-3-7-11-22)26(14-21-8-4-2-5-9-21)19-32(27)18-25-16-30-20-31-25/h2-13,15-16,20,26H,14,17-19H2,(H,30,31)/t26-/m1/s1. The Kier molecular flexibility index (Phi) is 6.09. The maximum atomic E-state index is 13.8. The summed E-state index contributed by atoms with van der Waals surface area (Å²) in [7, 11) is 0. The maximum absolute atomic E-state index is 13.8. The fraction of sp³-hybridized carbons (Fsp3) is 0.179. The van der Waals surface area contributed by atoms with E-state index in [0.29, 0.717) is 30.9 Å². The lowest BCUT2D eigenvalue weighted by atomic mass is 10.0. The number of aromatic amines is 1. The topological polar surface area (TPSA) is 56.6 Å². The first-order valence-electron chi connectivity index (χ1n) is 11.3. The van der Waals surface area contributed by atoms with Gasteiger partial charge in [-0.15, -0.1) is 0 Å². The van der Waals surface area contributed by atoms with E-state index in [1.807, 2.05) is 77.8 Å². The summed E-state index contributed by atoms with van der Waals surface area (Å²) in [6.45, 7) is 9.25. The number of imidazole rings is 1. The summed E-state index contributed by atoms with van der Waals surface area (Å²) in [6.07, 6.45) is 4.25. The molecule has 5 rings (SSSR count). The SMILES string of the molecule is [C-]#[N+]c1ccc2c(c1)CN(C(=O)c1ccccc1)[C@H](Cc1ccccc1)CN2Cc1cnc[nH]1. The van der Waals surface area contributed by atoms with Crippen LogP contribution in [0.1, 0.15) is 27.2 Å². The van der Waals surface area contributed by atoms with Gasteiger partial charge in [0.2, 0.25) is 0 Å². The lowest BCUT2D eigenvalue weighted by molar-refractivity contribution is 0.0670. The van der Waals surface area contributed by atoms with Crippen molar-refractivity contribution in [2.24, 2.45) is 0 Å². The van der Waals surface area contributed by atoms with Crippen LogP contribution < -0.4 is 4.90 Å². The molecule has 168 valence electrons. The van der Waals surface area contributed by atoms with E-state index in [-0.39, 0.29) is 11.9 Å². The number of rotatable bonds is 5. The summed E-state index contributed by atoms with van der Waals surface area (Å²) < 4.78 is 0.